The van der Waals surface area contributed by atoms with Crippen molar-refractivity contribution in [3.05, 3.63) is 64.7 Å². The van der Waals surface area contributed by atoms with Crippen molar-refractivity contribution >= 4 is 35.2 Å². The first-order chi connectivity index (χ1) is 20.3. The van der Waals surface area contributed by atoms with Crippen LogP contribution < -0.4 is 10.2 Å². The Morgan fingerprint density at radius 2 is 1.69 bits per heavy atom. The van der Waals surface area contributed by atoms with Crippen LogP contribution in [0.25, 0.3) is 0 Å². The summed E-state index contributed by atoms with van der Waals surface area (Å²) in [6.45, 7) is 6.61. The van der Waals surface area contributed by atoms with Crippen molar-refractivity contribution in [3.63, 3.8) is 0 Å². The fourth-order valence-electron chi connectivity index (χ4n) is 6.88. The molecule has 3 aliphatic rings. The highest BCUT2D eigenvalue weighted by atomic mass is 35.5. The molecule has 2 atom stereocenters. The smallest absolute Gasteiger partial charge is 0.407 e. The lowest BCUT2D eigenvalue weighted by Gasteiger charge is -2.39. The Bertz CT molecular complexity index is 1240. The van der Waals surface area contributed by atoms with E-state index in [-0.39, 0.29) is 36.5 Å². The van der Waals surface area contributed by atoms with Crippen LogP contribution >= 0.6 is 11.6 Å². The summed E-state index contributed by atoms with van der Waals surface area (Å²) in [6.07, 6.45) is 5.98. The van der Waals surface area contributed by atoms with Gasteiger partial charge in [-0.25, -0.2) is 4.79 Å². The van der Waals surface area contributed by atoms with Gasteiger partial charge in [0.2, 0.25) is 11.8 Å². The number of aryl methyl sites for hydroxylation is 1. The summed E-state index contributed by atoms with van der Waals surface area (Å²) in [5.74, 6) is 0.0964. The van der Waals surface area contributed by atoms with E-state index in [4.69, 9.17) is 16.3 Å². The van der Waals surface area contributed by atoms with Crippen molar-refractivity contribution in [1.82, 2.24) is 15.1 Å². The number of benzene rings is 2. The summed E-state index contributed by atoms with van der Waals surface area (Å²) in [7, 11) is 0. The molecule has 0 saturated carbocycles. The third kappa shape index (κ3) is 7.45. The molecule has 0 spiro atoms. The van der Waals surface area contributed by atoms with Gasteiger partial charge in [0.1, 0.15) is 6.61 Å². The van der Waals surface area contributed by atoms with Gasteiger partial charge in [-0.1, -0.05) is 48.0 Å². The van der Waals surface area contributed by atoms with Crippen LogP contribution in [0.2, 0.25) is 5.02 Å². The predicted molar refractivity (Wildman–Crippen MR) is 164 cm³/mol. The van der Waals surface area contributed by atoms with Gasteiger partial charge in [-0.05, 0) is 75.1 Å². The van der Waals surface area contributed by atoms with E-state index in [2.05, 4.69) is 10.2 Å². The minimum Gasteiger partial charge on any atom is -0.445 e. The number of nitrogens with zero attached hydrogens (tertiary/aromatic N) is 3. The Labute approximate surface area is 254 Å². The highest BCUT2D eigenvalue weighted by Gasteiger charge is 2.41. The SMILES string of the molecule is CC(=O)N1CCC(C(=O)N(CCCN2C3CCC2CC(NC(=O)OCc2ccccc2)C3)c2ccc(C)c(Cl)c2)CC1. The Kier molecular flexibility index (Phi) is 10.1. The van der Waals surface area contributed by atoms with Gasteiger partial charge in [-0.2, -0.15) is 0 Å². The Hall–Kier alpha value is -3.10. The minimum atomic E-state index is -0.350. The Morgan fingerprint density at radius 1 is 1.00 bits per heavy atom. The van der Waals surface area contributed by atoms with Crippen molar-refractivity contribution in [2.24, 2.45) is 5.92 Å². The molecule has 2 bridgehead atoms. The lowest BCUT2D eigenvalue weighted by atomic mass is 9.94. The number of hydrogen-bond donors (Lipinski definition) is 1. The van der Waals surface area contributed by atoms with Gasteiger partial charge < -0.3 is 19.9 Å². The molecule has 3 fully saturated rings. The molecular weight excluding hydrogens is 552 g/mol. The van der Waals surface area contributed by atoms with Crippen molar-refractivity contribution in [3.8, 4) is 0 Å². The van der Waals surface area contributed by atoms with E-state index < -0.39 is 0 Å². The third-order valence-electron chi connectivity index (χ3n) is 9.24. The molecule has 3 heterocycles. The van der Waals surface area contributed by atoms with Crippen LogP contribution in [0.15, 0.2) is 48.5 Å². The minimum absolute atomic E-state index is 0.0701. The van der Waals surface area contributed by atoms with Gasteiger partial charge in [0.05, 0.1) is 0 Å². The number of nitrogens with one attached hydrogen (secondary N) is 1. The number of alkyl carbamates (subject to hydrolysis) is 1. The van der Waals surface area contributed by atoms with E-state index in [1.807, 2.05) is 65.3 Å². The summed E-state index contributed by atoms with van der Waals surface area (Å²) >= 11 is 6.48. The molecule has 8 nitrogen and oxygen atoms in total. The topological polar surface area (TPSA) is 82.2 Å². The van der Waals surface area contributed by atoms with Crippen molar-refractivity contribution < 1.29 is 19.1 Å². The van der Waals surface area contributed by atoms with Gasteiger partial charge >= 0.3 is 6.09 Å². The number of carbonyl (C=O) groups excluding carboxylic acids is 3. The lowest BCUT2D eigenvalue weighted by molar-refractivity contribution is -0.133. The molecule has 2 aromatic rings. The molecule has 226 valence electrons. The summed E-state index contributed by atoms with van der Waals surface area (Å²) in [4.78, 5) is 44.4. The van der Waals surface area contributed by atoms with Crippen LogP contribution in [-0.4, -0.2) is 72.0 Å². The number of carbonyl (C=O) groups is 3. The van der Waals surface area contributed by atoms with E-state index in [9.17, 15) is 14.4 Å². The van der Waals surface area contributed by atoms with Crippen molar-refractivity contribution in [2.75, 3.05) is 31.1 Å². The number of amides is 3. The molecule has 42 heavy (non-hydrogen) atoms. The van der Waals surface area contributed by atoms with Crippen LogP contribution in [0.4, 0.5) is 10.5 Å². The molecule has 3 saturated heterocycles. The van der Waals surface area contributed by atoms with E-state index in [1.165, 1.54) is 0 Å². The van der Waals surface area contributed by atoms with Gasteiger partial charge in [-0.15, -0.1) is 0 Å². The average Bonchev–Trinajstić information content (AvgIpc) is 3.23. The second-order valence-electron chi connectivity index (χ2n) is 12.1. The molecular formula is C33H43ClN4O4. The zero-order valence-corrected chi connectivity index (χ0v) is 25.5. The first-order valence-corrected chi connectivity index (χ1v) is 15.7. The fourth-order valence-corrected chi connectivity index (χ4v) is 7.05. The predicted octanol–water partition coefficient (Wildman–Crippen LogP) is 5.55. The number of fused-ring (bicyclic) bond motifs is 2. The van der Waals surface area contributed by atoms with Gasteiger partial charge in [0.25, 0.3) is 0 Å². The van der Waals surface area contributed by atoms with E-state index in [1.54, 1.807) is 6.92 Å². The maximum atomic E-state index is 13.8. The molecule has 0 radical (unpaired) electrons. The van der Waals surface area contributed by atoms with Crippen molar-refractivity contribution in [2.45, 2.75) is 83.5 Å². The number of likely N-dealkylation sites (tertiary alicyclic amines) is 1. The highest BCUT2D eigenvalue weighted by molar-refractivity contribution is 6.31. The van der Waals surface area contributed by atoms with E-state index >= 15 is 0 Å². The van der Waals surface area contributed by atoms with Crippen LogP contribution in [-0.2, 0) is 20.9 Å². The number of ether oxygens (including phenoxy) is 1. The molecule has 1 N–H and O–H groups in total. The lowest BCUT2D eigenvalue weighted by Crippen LogP contribution is -2.51. The van der Waals surface area contributed by atoms with Gasteiger partial charge in [0, 0.05) is 67.9 Å². The molecule has 5 rings (SSSR count). The summed E-state index contributed by atoms with van der Waals surface area (Å²) < 4.78 is 5.46. The Morgan fingerprint density at radius 3 is 2.33 bits per heavy atom. The summed E-state index contributed by atoms with van der Waals surface area (Å²) in [5, 5.41) is 3.76. The standard InChI is InChI=1S/C33H43ClN4O4/c1-23-9-10-30(21-31(23)34)38(32(40)26-13-17-36(18-14-26)24(2)39)16-6-15-37-28-11-12-29(37)20-27(19-28)35-33(41)42-22-25-7-4-3-5-8-25/h3-5,7-10,21,26-29H,6,11-20,22H2,1-2H3,(H,35,41). The summed E-state index contributed by atoms with van der Waals surface area (Å²) in [6, 6.07) is 16.6. The maximum absolute atomic E-state index is 13.8. The second-order valence-corrected chi connectivity index (χ2v) is 12.5. The van der Waals surface area contributed by atoms with Crippen LogP contribution in [0.5, 0.6) is 0 Å². The first kappa shape index (κ1) is 30.4. The normalized spacial score (nSPS) is 22.5. The fraction of sp³-hybridized carbons (Fsp3) is 0.545. The first-order valence-electron chi connectivity index (χ1n) is 15.3. The largest absolute Gasteiger partial charge is 0.445 e. The van der Waals surface area contributed by atoms with Crippen molar-refractivity contribution in [1.29, 1.82) is 0 Å². The average molecular weight is 595 g/mol. The molecule has 2 unspecified atom stereocenters. The van der Waals surface area contributed by atoms with E-state index in [0.29, 0.717) is 49.6 Å². The van der Waals surface area contributed by atoms with Gasteiger partial charge in [-0.3, -0.25) is 14.5 Å². The number of halogens is 1. The molecule has 0 aromatic heterocycles. The monoisotopic (exact) mass is 594 g/mol. The second kappa shape index (κ2) is 13.9. The third-order valence-corrected chi connectivity index (χ3v) is 9.65. The van der Waals surface area contributed by atoms with Crippen LogP contribution in [0, 0.1) is 12.8 Å². The quantitative estimate of drug-likeness (QED) is 0.411. The van der Waals surface area contributed by atoms with Crippen LogP contribution in [0.3, 0.4) is 0 Å². The number of hydrogen-bond acceptors (Lipinski definition) is 5. The molecule has 2 aromatic carbocycles. The molecule has 3 amide bonds. The number of anilines is 1. The zero-order valence-electron chi connectivity index (χ0n) is 24.8. The number of rotatable bonds is 9. The van der Waals surface area contributed by atoms with Gasteiger partial charge in [0.15, 0.2) is 0 Å². The highest BCUT2D eigenvalue weighted by Crippen LogP contribution is 2.36. The number of piperidine rings is 2. The molecule has 3 aliphatic heterocycles. The Balaban J connectivity index is 1.15. The molecule has 0 aliphatic carbocycles. The van der Waals surface area contributed by atoms with Crippen LogP contribution in [0.1, 0.15) is 63.0 Å². The van der Waals surface area contributed by atoms with E-state index in [0.717, 1.165) is 55.5 Å². The summed E-state index contributed by atoms with van der Waals surface area (Å²) in [5.41, 5.74) is 2.80. The maximum Gasteiger partial charge on any atom is 0.407 e. The molecule has 9 heteroatoms. The zero-order chi connectivity index (χ0) is 29.6.